The predicted molar refractivity (Wildman–Crippen MR) is 69.5 cm³/mol. The van der Waals surface area contributed by atoms with E-state index < -0.39 is 0 Å². The van der Waals surface area contributed by atoms with Crippen LogP contribution >= 0.6 is 0 Å². The van der Waals surface area contributed by atoms with Crippen LogP contribution in [0.25, 0.3) is 11.1 Å². The molecule has 0 saturated heterocycles. The molecular formula is C14H17FN2O. The van der Waals surface area contributed by atoms with E-state index in [1.54, 1.807) is 18.2 Å². The van der Waals surface area contributed by atoms with Gasteiger partial charge in [0.25, 0.3) is 0 Å². The molecule has 0 aliphatic rings. The molecule has 0 atom stereocenters. The third-order valence-corrected chi connectivity index (χ3v) is 2.63. The van der Waals surface area contributed by atoms with Crippen molar-refractivity contribution in [3.8, 4) is 11.1 Å². The molecule has 2 rings (SSSR count). The Morgan fingerprint density at radius 1 is 1.28 bits per heavy atom. The largest absolute Gasteiger partial charge is 0.367 e. The number of benzene rings is 1. The Morgan fingerprint density at radius 2 is 1.94 bits per heavy atom. The number of aromatic nitrogens is 1. The Balaban J connectivity index is 2.51. The van der Waals surface area contributed by atoms with Crippen LogP contribution in [0.5, 0.6) is 0 Å². The molecule has 1 aromatic heterocycles. The second-order valence-electron chi connectivity index (χ2n) is 5.59. The van der Waals surface area contributed by atoms with Crippen molar-refractivity contribution < 1.29 is 8.91 Å². The number of halogens is 1. The zero-order chi connectivity index (χ0) is 13.3. The van der Waals surface area contributed by atoms with E-state index in [2.05, 4.69) is 25.9 Å². The van der Waals surface area contributed by atoms with Gasteiger partial charge in [0.2, 0.25) is 5.88 Å². The van der Waals surface area contributed by atoms with Crippen LogP contribution < -0.4 is 5.73 Å². The average molecular weight is 248 g/mol. The molecule has 4 heteroatoms. The Bertz CT molecular complexity index is 555. The lowest BCUT2D eigenvalue weighted by molar-refractivity contribution is 0.377. The third-order valence-electron chi connectivity index (χ3n) is 2.63. The SMILES string of the molecule is CC(C)(C)Cc1noc(N)c1-c1ccccc1F. The van der Waals surface area contributed by atoms with Crippen molar-refractivity contribution >= 4 is 5.88 Å². The van der Waals surface area contributed by atoms with Crippen molar-refractivity contribution in [2.75, 3.05) is 5.73 Å². The van der Waals surface area contributed by atoms with Gasteiger partial charge in [0.1, 0.15) is 5.82 Å². The maximum absolute atomic E-state index is 13.8. The van der Waals surface area contributed by atoms with Gasteiger partial charge in [-0.05, 0) is 17.9 Å². The minimum absolute atomic E-state index is 0.0311. The summed E-state index contributed by atoms with van der Waals surface area (Å²) < 4.78 is 18.8. The summed E-state index contributed by atoms with van der Waals surface area (Å²) >= 11 is 0. The first kappa shape index (κ1) is 12.6. The fraction of sp³-hybridized carbons (Fsp3) is 0.357. The quantitative estimate of drug-likeness (QED) is 0.882. The van der Waals surface area contributed by atoms with Gasteiger partial charge in [0, 0.05) is 5.56 Å². The van der Waals surface area contributed by atoms with Crippen LogP contribution in [0.15, 0.2) is 28.8 Å². The topological polar surface area (TPSA) is 52.0 Å². The summed E-state index contributed by atoms with van der Waals surface area (Å²) in [5.41, 5.74) is 7.51. The van der Waals surface area contributed by atoms with Gasteiger partial charge in [-0.2, -0.15) is 0 Å². The van der Waals surface area contributed by atoms with Gasteiger partial charge in [-0.1, -0.05) is 44.1 Å². The molecule has 2 N–H and O–H groups in total. The molecule has 1 aromatic carbocycles. The van der Waals surface area contributed by atoms with Crippen molar-refractivity contribution in [3.05, 3.63) is 35.8 Å². The fourth-order valence-corrected chi connectivity index (χ4v) is 1.91. The van der Waals surface area contributed by atoms with Crippen molar-refractivity contribution in [1.29, 1.82) is 0 Å². The van der Waals surface area contributed by atoms with E-state index in [-0.39, 0.29) is 17.1 Å². The van der Waals surface area contributed by atoms with Crippen LogP contribution in [0.1, 0.15) is 26.5 Å². The molecule has 0 fully saturated rings. The molecule has 2 aromatic rings. The highest BCUT2D eigenvalue weighted by Crippen LogP contribution is 2.34. The minimum Gasteiger partial charge on any atom is -0.367 e. The van der Waals surface area contributed by atoms with Gasteiger partial charge in [-0.15, -0.1) is 0 Å². The summed E-state index contributed by atoms with van der Waals surface area (Å²) in [4.78, 5) is 0. The summed E-state index contributed by atoms with van der Waals surface area (Å²) in [5, 5.41) is 3.95. The van der Waals surface area contributed by atoms with E-state index >= 15 is 0 Å². The van der Waals surface area contributed by atoms with Crippen LogP contribution in [-0.2, 0) is 6.42 Å². The summed E-state index contributed by atoms with van der Waals surface area (Å²) in [6.07, 6.45) is 0.678. The fourth-order valence-electron chi connectivity index (χ4n) is 1.91. The number of nitrogens with zero attached hydrogens (tertiary/aromatic N) is 1. The second kappa shape index (κ2) is 4.44. The van der Waals surface area contributed by atoms with E-state index in [1.165, 1.54) is 6.07 Å². The molecule has 96 valence electrons. The first-order chi connectivity index (χ1) is 8.38. The molecule has 18 heavy (non-hydrogen) atoms. The van der Waals surface area contributed by atoms with E-state index in [1.807, 2.05) is 0 Å². The molecule has 0 aliphatic heterocycles. The lowest BCUT2D eigenvalue weighted by Crippen LogP contribution is -2.10. The van der Waals surface area contributed by atoms with Crippen LogP contribution in [0.2, 0.25) is 0 Å². The predicted octanol–water partition coefficient (Wildman–Crippen LogP) is 3.65. The lowest BCUT2D eigenvalue weighted by atomic mass is 9.88. The van der Waals surface area contributed by atoms with Gasteiger partial charge >= 0.3 is 0 Å². The first-order valence-electron chi connectivity index (χ1n) is 5.87. The maximum atomic E-state index is 13.8. The second-order valence-corrected chi connectivity index (χ2v) is 5.59. The Labute approximate surface area is 106 Å². The number of hydrogen-bond donors (Lipinski definition) is 1. The molecule has 0 radical (unpaired) electrons. The highest BCUT2D eigenvalue weighted by Gasteiger charge is 2.22. The molecule has 0 unspecified atom stereocenters. The van der Waals surface area contributed by atoms with Crippen molar-refractivity contribution in [3.63, 3.8) is 0 Å². The molecule has 3 nitrogen and oxygen atoms in total. The third kappa shape index (κ3) is 2.53. The summed E-state index contributed by atoms with van der Waals surface area (Å²) in [7, 11) is 0. The highest BCUT2D eigenvalue weighted by molar-refractivity contribution is 5.75. The number of rotatable bonds is 2. The van der Waals surface area contributed by atoms with Crippen LogP contribution in [-0.4, -0.2) is 5.16 Å². The number of anilines is 1. The van der Waals surface area contributed by atoms with Crippen LogP contribution in [0.3, 0.4) is 0 Å². The molecule has 0 spiro atoms. The number of hydrogen-bond acceptors (Lipinski definition) is 3. The number of nitrogen functional groups attached to an aromatic ring is 1. The molecule has 0 bridgehead atoms. The molecule has 0 amide bonds. The lowest BCUT2D eigenvalue weighted by Gasteiger charge is -2.16. The average Bonchev–Trinajstić information content (AvgIpc) is 2.59. The Morgan fingerprint density at radius 3 is 2.56 bits per heavy atom. The highest BCUT2D eigenvalue weighted by atomic mass is 19.1. The smallest absolute Gasteiger partial charge is 0.230 e. The molecule has 0 saturated carbocycles. The van der Waals surface area contributed by atoms with Crippen molar-refractivity contribution in [2.45, 2.75) is 27.2 Å². The normalized spacial score (nSPS) is 11.8. The van der Waals surface area contributed by atoms with Gasteiger partial charge in [0.15, 0.2) is 0 Å². The summed E-state index contributed by atoms with van der Waals surface area (Å²) in [6, 6.07) is 6.50. The Kier molecular flexibility index (Phi) is 3.11. The first-order valence-corrected chi connectivity index (χ1v) is 5.87. The van der Waals surface area contributed by atoms with E-state index in [4.69, 9.17) is 10.3 Å². The van der Waals surface area contributed by atoms with Gasteiger partial charge in [-0.3, -0.25) is 0 Å². The zero-order valence-corrected chi connectivity index (χ0v) is 10.8. The minimum atomic E-state index is -0.317. The number of nitrogens with two attached hydrogens (primary N) is 1. The van der Waals surface area contributed by atoms with Crippen molar-refractivity contribution in [2.24, 2.45) is 5.41 Å². The standard InChI is InChI=1S/C14H17FN2O/c1-14(2,3)8-11-12(13(16)18-17-11)9-6-4-5-7-10(9)15/h4-7H,8,16H2,1-3H3. The molecule has 0 aliphatic carbocycles. The van der Waals surface area contributed by atoms with Crippen LogP contribution in [0, 0.1) is 11.2 Å². The van der Waals surface area contributed by atoms with E-state index in [0.717, 1.165) is 0 Å². The van der Waals surface area contributed by atoms with Gasteiger partial charge < -0.3 is 10.3 Å². The zero-order valence-electron chi connectivity index (χ0n) is 10.8. The monoisotopic (exact) mass is 248 g/mol. The van der Waals surface area contributed by atoms with E-state index in [0.29, 0.717) is 23.2 Å². The maximum Gasteiger partial charge on any atom is 0.230 e. The summed E-state index contributed by atoms with van der Waals surface area (Å²) in [5.74, 6) is -0.151. The van der Waals surface area contributed by atoms with Crippen LogP contribution in [0.4, 0.5) is 10.3 Å². The van der Waals surface area contributed by atoms with E-state index in [9.17, 15) is 4.39 Å². The van der Waals surface area contributed by atoms with Gasteiger partial charge in [0.05, 0.1) is 11.3 Å². The summed E-state index contributed by atoms with van der Waals surface area (Å²) in [6.45, 7) is 6.26. The molecular weight excluding hydrogens is 231 g/mol. The Hall–Kier alpha value is -1.84. The van der Waals surface area contributed by atoms with Gasteiger partial charge in [-0.25, -0.2) is 4.39 Å². The molecule has 1 heterocycles. The van der Waals surface area contributed by atoms with Crippen molar-refractivity contribution in [1.82, 2.24) is 5.16 Å².